The predicted octanol–water partition coefficient (Wildman–Crippen LogP) is 2.88. The van der Waals surface area contributed by atoms with E-state index in [9.17, 15) is 5.11 Å². The Labute approximate surface area is 108 Å². The van der Waals surface area contributed by atoms with Crippen LogP contribution in [0.5, 0.6) is 0 Å². The Bertz CT molecular complexity index is 505. The van der Waals surface area contributed by atoms with Crippen molar-refractivity contribution in [1.82, 2.24) is 9.78 Å². The van der Waals surface area contributed by atoms with E-state index < -0.39 is 6.10 Å². The lowest BCUT2D eigenvalue weighted by atomic mass is 10.0. The summed E-state index contributed by atoms with van der Waals surface area (Å²) >= 11 is 0. The fourth-order valence-corrected chi connectivity index (χ4v) is 2.18. The molecule has 1 atom stereocenters. The molecule has 2 aromatic rings. The van der Waals surface area contributed by atoms with Gasteiger partial charge in [-0.3, -0.25) is 4.68 Å². The lowest BCUT2D eigenvalue weighted by molar-refractivity contribution is 0.166. The van der Waals surface area contributed by atoms with Crippen molar-refractivity contribution >= 4 is 0 Å². The van der Waals surface area contributed by atoms with Gasteiger partial charge in [0.1, 0.15) is 0 Å². The molecule has 0 fully saturated rings. The molecule has 1 heterocycles. The van der Waals surface area contributed by atoms with E-state index in [1.54, 1.807) is 6.20 Å². The Morgan fingerprint density at radius 2 is 2.06 bits per heavy atom. The number of benzene rings is 1. The number of hydrogen-bond acceptors (Lipinski definition) is 2. The highest BCUT2D eigenvalue weighted by atomic mass is 16.3. The summed E-state index contributed by atoms with van der Waals surface area (Å²) < 4.78 is 1.89. The van der Waals surface area contributed by atoms with Crippen LogP contribution in [0.3, 0.4) is 0 Å². The minimum Gasteiger partial charge on any atom is -0.386 e. The molecule has 96 valence electrons. The Morgan fingerprint density at radius 3 is 2.78 bits per heavy atom. The molecule has 3 heteroatoms. The van der Waals surface area contributed by atoms with Gasteiger partial charge >= 0.3 is 0 Å². The van der Waals surface area contributed by atoms with Gasteiger partial charge in [0.05, 0.1) is 11.8 Å². The van der Waals surface area contributed by atoms with Gasteiger partial charge in [-0.05, 0) is 30.5 Å². The fraction of sp³-hybridized carbons (Fsp3) is 0.400. The summed E-state index contributed by atoms with van der Waals surface area (Å²) in [6, 6.07) is 10.1. The first-order chi connectivity index (χ1) is 8.72. The number of aryl methyl sites for hydroxylation is 2. The molecule has 18 heavy (non-hydrogen) atoms. The first kappa shape index (κ1) is 12.8. The van der Waals surface area contributed by atoms with Crippen LogP contribution in [0.1, 0.15) is 36.3 Å². The molecule has 0 spiro atoms. The highest BCUT2D eigenvalue weighted by molar-refractivity contribution is 5.27. The Hall–Kier alpha value is -1.61. The summed E-state index contributed by atoms with van der Waals surface area (Å²) in [4.78, 5) is 0. The maximum absolute atomic E-state index is 10.3. The molecule has 0 amide bonds. The van der Waals surface area contributed by atoms with Crippen molar-refractivity contribution in [2.75, 3.05) is 0 Å². The second kappa shape index (κ2) is 5.83. The molecule has 0 bridgehead atoms. The molecule has 0 radical (unpaired) electrons. The van der Waals surface area contributed by atoms with E-state index in [2.05, 4.69) is 31.1 Å². The topological polar surface area (TPSA) is 38.0 Å². The molecule has 1 unspecified atom stereocenters. The third-order valence-electron chi connectivity index (χ3n) is 3.20. The molecule has 2 rings (SSSR count). The highest BCUT2D eigenvalue weighted by Gasteiger charge is 2.14. The molecule has 0 aliphatic heterocycles. The number of aromatic nitrogens is 2. The number of aliphatic hydroxyl groups is 1. The van der Waals surface area contributed by atoms with Crippen LogP contribution in [0.25, 0.3) is 0 Å². The van der Waals surface area contributed by atoms with Crippen molar-refractivity contribution in [3.05, 3.63) is 53.3 Å². The van der Waals surface area contributed by atoms with E-state index in [1.165, 1.54) is 11.1 Å². The lowest BCUT2D eigenvalue weighted by Gasteiger charge is -2.14. The van der Waals surface area contributed by atoms with Crippen molar-refractivity contribution in [2.45, 2.75) is 39.3 Å². The molecule has 0 saturated heterocycles. The Kier molecular flexibility index (Phi) is 4.15. The normalized spacial score (nSPS) is 12.6. The monoisotopic (exact) mass is 244 g/mol. The van der Waals surface area contributed by atoms with E-state index in [1.807, 2.05) is 22.9 Å². The second-order valence-corrected chi connectivity index (χ2v) is 4.63. The third kappa shape index (κ3) is 2.79. The van der Waals surface area contributed by atoms with Gasteiger partial charge in [-0.2, -0.15) is 5.10 Å². The van der Waals surface area contributed by atoms with Gasteiger partial charge in [0.2, 0.25) is 0 Å². The first-order valence-electron chi connectivity index (χ1n) is 6.46. The summed E-state index contributed by atoms with van der Waals surface area (Å²) in [7, 11) is 0. The molecule has 3 nitrogen and oxygen atoms in total. The van der Waals surface area contributed by atoms with Gasteiger partial charge in [-0.25, -0.2) is 0 Å². The number of nitrogens with zero attached hydrogens (tertiary/aromatic N) is 2. The predicted molar refractivity (Wildman–Crippen MR) is 72.4 cm³/mol. The quantitative estimate of drug-likeness (QED) is 0.878. The average Bonchev–Trinajstić information content (AvgIpc) is 2.81. The van der Waals surface area contributed by atoms with Crippen molar-refractivity contribution in [2.24, 2.45) is 0 Å². The zero-order valence-corrected chi connectivity index (χ0v) is 11.0. The Balaban J connectivity index is 2.14. The van der Waals surface area contributed by atoms with Crippen LogP contribution in [0, 0.1) is 6.92 Å². The van der Waals surface area contributed by atoms with Gasteiger partial charge in [-0.1, -0.05) is 31.2 Å². The van der Waals surface area contributed by atoms with Gasteiger partial charge in [0.15, 0.2) is 0 Å². The smallest absolute Gasteiger partial charge is 0.0996 e. The summed E-state index contributed by atoms with van der Waals surface area (Å²) in [5, 5.41) is 14.6. The SMILES string of the molecule is CCCn1nccc1C(O)Cc1ccccc1C. The largest absolute Gasteiger partial charge is 0.386 e. The third-order valence-corrected chi connectivity index (χ3v) is 3.20. The van der Waals surface area contributed by atoms with Gasteiger partial charge in [0, 0.05) is 19.2 Å². The zero-order chi connectivity index (χ0) is 13.0. The second-order valence-electron chi connectivity index (χ2n) is 4.63. The maximum atomic E-state index is 10.3. The van der Waals surface area contributed by atoms with E-state index in [0.29, 0.717) is 6.42 Å². The maximum Gasteiger partial charge on any atom is 0.0996 e. The zero-order valence-electron chi connectivity index (χ0n) is 11.0. The summed E-state index contributed by atoms with van der Waals surface area (Å²) in [6.45, 7) is 5.04. The molecular formula is C15H20N2O. The molecule has 0 aliphatic rings. The minimum absolute atomic E-state index is 0.486. The lowest BCUT2D eigenvalue weighted by Crippen LogP contribution is -2.11. The molecular weight excluding hydrogens is 224 g/mol. The first-order valence-corrected chi connectivity index (χ1v) is 6.46. The van der Waals surface area contributed by atoms with E-state index in [4.69, 9.17) is 0 Å². The van der Waals surface area contributed by atoms with Crippen LogP contribution in [-0.2, 0) is 13.0 Å². The van der Waals surface area contributed by atoms with Crippen LogP contribution in [0.4, 0.5) is 0 Å². The standard InChI is InChI=1S/C15H20N2O/c1-3-10-17-14(8-9-16-17)15(18)11-13-7-5-4-6-12(13)2/h4-9,15,18H,3,10-11H2,1-2H3. The van der Waals surface area contributed by atoms with Crippen molar-refractivity contribution in [1.29, 1.82) is 0 Å². The highest BCUT2D eigenvalue weighted by Crippen LogP contribution is 2.20. The summed E-state index contributed by atoms with van der Waals surface area (Å²) in [6.07, 6.45) is 2.93. The molecule has 0 aliphatic carbocycles. The number of rotatable bonds is 5. The Morgan fingerprint density at radius 1 is 1.28 bits per heavy atom. The van der Waals surface area contributed by atoms with Gasteiger partial charge in [0.25, 0.3) is 0 Å². The average molecular weight is 244 g/mol. The number of hydrogen-bond donors (Lipinski definition) is 1. The van der Waals surface area contributed by atoms with Crippen LogP contribution >= 0.6 is 0 Å². The van der Waals surface area contributed by atoms with E-state index in [0.717, 1.165) is 18.7 Å². The molecule has 1 N–H and O–H groups in total. The fourth-order valence-electron chi connectivity index (χ4n) is 2.18. The van der Waals surface area contributed by atoms with Crippen LogP contribution in [0.15, 0.2) is 36.5 Å². The van der Waals surface area contributed by atoms with Crippen LogP contribution in [0.2, 0.25) is 0 Å². The van der Waals surface area contributed by atoms with Gasteiger partial charge < -0.3 is 5.11 Å². The van der Waals surface area contributed by atoms with Crippen molar-refractivity contribution in [3.8, 4) is 0 Å². The molecule has 1 aromatic carbocycles. The van der Waals surface area contributed by atoms with Crippen molar-refractivity contribution < 1.29 is 5.11 Å². The van der Waals surface area contributed by atoms with Crippen LogP contribution in [-0.4, -0.2) is 14.9 Å². The molecule has 1 aromatic heterocycles. The summed E-state index contributed by atoms with van der Waals surface area (Å²) in [5.74, 6) is 0. The van der Waals surface area contributed by atoms with Crippen LogP contribution < -0.4 is 0 Å². The minimum atomic E-state index is -0.486. The molecule has 0 saturated carbocycles. The van der Waals surface area contributed by atoms with Gasteiger partial charge in [-0.15, -0.1) is 0 Å². The number of aliphatic hydroxyl groups excluding tert-OH is 1. The van der Waals surface area contributed by atoms with E-state index >= 15 is 0 Å². The van der Waals surface area contributed by atoms with Crippen molar-refractivity contribution in [3.63, 3.8) is 0 Å². The van der Waals surface area contributed by atoms with E-state index in [-0.39, 0.29) is 0 Å². The summed E-state index contributed by atoms with van der Waals surface area (Å²) in [5.41, 5.74) is 3.31.